The second-order valence-electron chi connectivity index (χ2n) is 6.08. The summed E-state index contributed by atoms with van der Waals surface area (Å²) in [7, 11) is -1.39. The van der Waals surface area contributed by atoms with Crippen molar-refractivity contribution < 1.29 is 8.42 Å². The van der Waals surface area contributed by atoms with Crippen LogP contribution >= 0.6 is 35.3 Å². The molecule has 2 N–H and O–H groups in total. The van der Waals surface area contributed by atoms with Gasteiger partial charge >= 0.3 is 0 Å². The van der Waals surface area contributed by atoms with Gasteiger partial charge in [0.05, 0.1) is 9.90 Å². The number of benzene rings is 1. The molecule has 0 aliphatic rings. The lowest BCUT2D eigenvalue weighted by Crippen LogP contribution is -2.38. The molecule has 0 saturated heterocycles. The van der Waals surface area contributed by atoms with Gasteiger partial charge in [0.25, 0.3) is 0 Å². The molecule has 0 spiro atoms. The van der Waals surface area contributed by atoms with E-state index in [0.29, 0.717) is 4.90 Å². The molecule has 0 bridgehead atoms. The van der Waals surface area contributed by atoms with E-state index in [9.17, 15) is 8.42 Å². The Hall–Kier alpha value is -1.20. The molecule has 1 aromatic heterocycles. The summed E-state index contributed by atoms with van der Waals surface area (Å²) >= 11 is 1.71. The minimum Gasteiger partial charge on any atom is -0.356 e. The lowest BCUT2D eigenvalue weighted by molar-refractivity contribution is 0.602. The Morgan fingerprint density at radius 2 is 1.81 bits per heavy atom. The number of rotatable bonds is 8. The van der Waals surface area contributed by atoms with Crippen molar-refractivity contribution >= 4 is 51.1 Å². The highest BCUT2D eigenvalue weighted by Gasteiger charge is 2.06. The van der Waals surface area contributed by atoms with E-state index in [1.165, 1.54) is 11.3 Å². The third-order valence-electron chi connectivity index (χ3n) is 3.81. The maximum Gasteiger partial charge on any atom is 0.190 e. The number of thiazole rings is 1. The van der Waals surface area contributed by atoms with Crippen molar-refractivity contribution in [3.63, 3.8) is 0 Å². The van der Waals surface area contributed by atoms with Crippen molar-refractivity contribution in [3.05, 3.63) is 45.9 Å². The van der Waals surface area contributed by atoms with Crippen LogP contribution < -0.4 is 10.6 Å². The van der Waals surface area contributed by atoms with Gasteiger partial charge in [-0.3, -0.25) is 4.99 Å². The van der Waals surface area contributed by atoms with Gasteiger partial charge in [0.15, 0.2) is 15.8 Å². The molecular formula is C18H27IN4O2S2. The predicted octanol–water partition coefficient (Wildman–Crippen LogP) is 2.81. The van der Waals surface area contributed by atoms with E-state index in [4.69, 9.17) is 0 Å². The number of hydrogen-bond donors (Lipinski definition) is 2. The molecule has 0 amide bonds. The fourth-order valence-corrected chi connectivity index (χ4v) is 3.86. The number of aromatic nitrogens is 1. The van der Waals surface area contributed by atoms with Crippen LogP contribution in [0.3, 0.4) is 0 Å². The standard InChI is InChI=1S/C18H26N4O2S2.HI/c1-14-13-25-17(22-14)5-4-11-20-18(19-2)21-12-10-15-6-8-16(9-7-15)26(3,23)24;/h6-9,13H,4-5,10-12H2,1-3H3,(H2,19,20,21);1H. The van der Waals surface area contributed by atoms with Crippen LogP contribution in [-0.2, 0) is 22.7 Å². The van der Waals surface area contributed by atoms with Gasteiger partial charge < -0.3 is 10.6 Å². The van der Waals surface area contributed by atoms with Crippen LogP contribution in [0.25, 0.3) is 0 Å². The van der Waals surface area contributed by atoms with Crippen molar-refractivity contribution in [2.75, 3.05) is 26.4 Å². The maximum absolute atomic E-state index is 11.5. The Labute approximate surface area is 182 Å². The van der Waals surface area contributed by atoms with Crippen molar-refractivity contribution in [2.24, 2.45) is 4.99 Å². The minimum atomic E-state index is -3.14. The summed E-state index contributed by atoms with van der Waals surface area (Å²) in [4.78, 5) is 9.02. The highest BCUT2D eigenvalue weighted by Crippen LogP contribution is 2.11. The summed E-state index contributed by atoms with van der Waals surface area (Å²) in [5, 5.41) is 9.82. The van der Waals surface area contributed by atoms with Crippen LogP contribution in [0.5, 0.6) is 0 Å². The first kappa shape index (κ1) is 23.8. The average Bonchev–Trinajstić information content (AvgIpc) is 3.02. The van der Waals surface area contributed by atoms with Gasteiger partial charge in [0.2, 0.25) is 0 Å². The molecule has 150 valence electrons. The molecule has 1 aromatic carbocycles. The molecule has 0 fully saturated rings. The van der Waals surface area contributed by atoms with Gasteiger partial charge in [0, 0.05) is 43.9 Å². The second-order valence-corrected chi connectivity index (χ2v) is 9.04. The lowest BCUT2D eigenvalue weighted by atomic mass is 10.1. The van der Waals surface area contributed by atoms with E-state index in [1.807, 2.05) is 19.1 Å². The van der Waals surface area contributed by atoms with Crippen molar-refractivity contribution in [2.45, 2.75) is 31.1 Å². The number of sulfone groups is 1. The normalized spacial score (nSPS) is 11.7. The number of nitrogens with one attached hydrogen (secondary N) is 2. The van der Waals surface area contributed by atoms with Crippen LogP contribution in [0.2, 0.25) is 0 Å². The number of nitrogens with zero attached hydrogens (tertiary/aromatic N) is 2. The summed E-state index contributed by atoms with van der Waals surface area (Å²) in [6.07, 6.45) is 3.98. The molecule has 0 saturated carbocycles. The molecule has 0 unspecified atom stereocenters. The summed E-state index contributed by atoms with van der Waals surface area (Å²) < 4.78 is 22.9. The van der Waals surface area contributed by atoms with E-state index in [2.05, 4.69) is 26.0 Å². The molecule has 6 nitrogen and oxygen atoms in total. The van der Waals surface area contributed by atoms with Gasteiger partial charge in [-0.15, -0.1) is 35.3 Å². The molecule has 27 heavy (non-hydrogen) atoms. The van der Waals surface area contributed by atoms with Gasteiger partial charge in [-0.05, 0) is 37.5 Å². The van der Waals surface area contributed by atoms with Crippen LogP contribution in [0.15, 0.2) is 39.5 Å². The second kappa shape index (κ2) is 11.6. The van der Waals surface area contributed by atoms with Crippen molar-refractivity contribution in [1.29, 1.82) is 0 Å². The summed E-state index contributed by atoms with van der Waals surface area (Å²) in [6.45, 7) is 3.57. The highest BCUT2D eigenvalue weighted by atomic mass is 127. The smallest absolute Gasteiger partial charge is 0.190 e. The Kier molecular flexibility index (Phi) is 10.2. The first-order valence-corrected chi connectivity index (χ1v) is 11.3. The molecule has 0 atom stereocenters. The fourth-order valence-electron chi connectivity index (χ4n) is 2.41. The Morgan fingerprint density at radius 3 is 2.37 bits per heavy atom. The number of aryl methyl sites for hydroxylation is 2. The number of guanidine groups is 1. The summed E-state index contributed by atoms with van der Waals surface area (Å²) in [6, 6.07) is 7.00. The molecule has 0 aliphatic heterocycles. The van der Waals surface area contributed by atoms with Crippen LogP contribution in [0.4, 0.5) is 0 Å². The van der Waals surface area contributed by atoms with E-state index in [-0.39, 0.29) is 24.0 Å². The van der Waals surface area contributed by atoms with Gasteiger partial charge in [-0.25, -0.2) is 13.4 Å². The third-order valence-corrected chi connectivity index (χ3v) is 5.96. The zero-order valence-corrected chi connectivity index (χ0v) is 19.8. The maximum atomic E-state index is 11.5. The largest absolute Gasteiger partial charge is 0.356 e. The van der Waals surface area contributed by atoms with E-state index in [1.54, 1.807) is 30.5 Å². The van der Waals surface area contributed by atoms with E-state index in [0.717, 1.165) is 49.6 Å². The number of halogens is 1. The summed E-state index contributed by atoms with van der Waals surface area (Å²) in [5.41, 5.74) is 2.17. The molecule has 2 rings (SSSR count). The zero-order chi connectivity index (χ0) is 19.0. The van der Waals surface area contributed by atoms with Gasteiger partial charge in [-0.2, -0.15) is 0 Å². The topological polar surface area (TPSA) is 83.4 Å². The molecular weight excluding hydrogens is 495 g/mol. The average molecular weight is 522 g/mol. The minimum absolute atomic E-state index is 0. The Balaban J connectivity index is 0.00000364. The van der Waals surface area contributed by atoms with E-state index < -0.39 is 9.84 Å². The van der Waals surface area contributed by atoms with Crippen molar-refractivity contribution in [3.8, 4) is 0 Å². The lowest BCUT2D eigenvalue weighted by Gasteiger charge is -2.11. The highest BCUT2D eigenvalue weighted by molar-refractivity contribution is 14.0. The van der Waals surface area contributed by atoms with Crippen LogP contribution in [0, 0.1) is 6.92 Å². The molecule has 1 heterocycles. The Bertz CT molecular complexity index is 833. The number of hydrogen-bond acceptors (Lipinski definition) is 5. The molecule has 0 aliphatic carbocycles. The summed E-state index contributed by atoms with van der Waals surface area (Å²) in [5.74, 6) is 0.771. The monoisotopic (exact) mass is 522 g/mol. The van der Waals surface area contributed by atoms with E-state index >= 15 is 0 Å². The predicted molar refractivity (Wildman–Crippen MR) is 123 cm³/mol. The van der Waals surface area contributed by atoms with Crippen LogP contribution in [-0.4, -0.2) is 45.8 Å². The zero-order valence-electron chi connectivity index (χ0n) is 15.9. The fraction of sp³-hybridized carbons (Fsp3) is 0.444. The Morgan fingerprint density at radius 1 is 1.15 bits per heavy atom. The third kappa shape index (κ3) is 8.56. The van der Waals surface area contributed by atoms with Crippen LogP contribution in [0.1, 0.15) is 22.7 Å². The van der Waals surface area contributed by atoms with Gasteiger partial charge in [0.1, 0.15) is 0 Å². The number of aliphatic imine (C=N–C) groups is 1. The quantitative estimate of drug-likeness (QED) is 0.241. The van der Waals surface area contributed by atoms with Crippen molar-refractivity contribution in [1.82, 2.24) is 15.6 Å². The molecule has 9 heteroatoms. The first-order valence-electron chi connectivity index (χ1n) is 8.53. The first-order chi connectivity index (χ1) is 12.4. The molecule has 0 radical (unpaired) electrons. The molecule has 2 aromatic rings. The van der Waals surface area contributed by atoms with Gasteiger partial charge in [-0.1, -0.05) is 12.1 Å². The SMILES string of the molecule is CN=C(NCCCc1nc(C)cs1)NCCc1ccc(S(C)(=O)=O)cc1.I.